The van der Waals surface area contributed by atoms with Gasteiger partial charge in [-0.25, -0.2) is 0 Å². The van der Waals surface area contributed by atoms with Gasteiger partial charge in [-0.3, -0.25) is 0 Å². The summed E-state index contributed by atoms with van der Waals surface area (Å²) in [5, 5.41) is 7.24. The van der Waals surface area contributed by atoms with E-state index in [0.29, 0.717) is 0 Å². The van der Waals surface area contributed by atoms with E-state index in [4.69, 9.17) is 4.42 Å². The summed E-state index contributed by atoms with van der Waals surface area (Å²) in [5.41, 5.74) is 12.8. The van der Waals surface area contributed by atoms with Crippen molar-refractivity contribution in [1.82, 2.24) is 9.13 Å². The number of hydrogen-bond acceptors (Lipinski definition) is 1. The Balaban J connectivity index is 1.05. The summed E-state index contributed by atoms with van der Waals surface area (Å²) in [7, 11) is 0. The highest BCUT2D eigenvalue weighted by Crippen LogP contribution is 2.41. The predicted molar refractivity (Wildman–Crippen MR) is 207 cm³/mol. The quantitative estimate of drug-likeness (QED) is 0.190. The number of rotatable bonds is 3. The Hall–Kier alpha value is -6.06. The first-order chi connectivity index (χ1) is 23.9. The molecule has 0 atom stereocenters. The van der Waals surface area contributed by atoms with Gasteiger partial charge < -0.3 is 13.6 Å². The molecule has 0 radical (unpaired) electrons. The molecular formula is C46H34N2O. The summed E-state index contributed by atoms with van der Waals surface area (Å²) in [4.78, 5) is 0. The van der Waals surface area contributed by atoms with Gasteiger partial charge in [0.2, 0.25) is 0 Å². The maximum absolute atomic E-state index is 6.49. The topological polar surface area (TPSA) is 23.0 Å². The summed E-state index contributed by atoms with van der Waals surface area (Å²) >= 11 is 0. The summed E-state index contributed by atoms with van der Waals surface area (Å²) in [6, 6.07) is 55.0. The van der Waals surface area contributed by atoms with Gasteiger partial charge >= 0.3 is 0 Å². The minimum absolute atomic E-state index is 0.0944. The molecule has 3 nitrogen and oxygen atoms in total. The minimum Gasteiger partial charge on any atom is -0.455 e. The van der Waals surface area contributed by atoms with Crippen LogP contribution < -0.4 is 0 Å². The van der Waals surface area contributed by atoms with E-state index in [9.17, 15) is 0 Å². The van der Waals surface area contributed by atoms with Crippen molar-refractivity contribution in [1.29, 1.82) is 0 Å². The molecule has 0 saturated carbocycles. The first kappa shape index (κ1) is 28.0. The maximum atomic E-state index is 6.49. The highest BCUT2D eigenvalue weighted by molar-refractivity contribution is 6.23. The van der Waals surface area contributed by atoms with Crippen molar-refractivity contribution in [3.63, 3.8) is 0 Å². The standard InChI is InChI=1S/C46H34N2O/c1-46(2,3)31-20-26-41-38(28-31)34-10-4-7-13-39(34)47(41)32-21-16-29(17-22-32)30-18-23-33(24-19-30)48-40-14-8-5-12-37(40)44-42(48)27-25-36-35-11-6-9-15-43(35)49-45(36)44/h4-28H,1-3H3. The summed E-state index contributed by atoms with van der Waals surface area (Å²) in [6.45, 7) is 6.84. The number of hydrogen-bond donors (Lipinski definition) is 0. The molecule has 0 N–H and O–H groups in total. The fraction of sp³-hybridized carbons (Fsp3) is 0.0870. The maximum Gasteiger partial charge on any atom is 0.145 e. The van der Waals surface area contributed by atoms with Gasteiger partial charge in [-0.15, -0.1) is 0 Å². The van der Waals surface area contributed by atoms with Gasteiger partial charge in [-0.1, -0.05) is 106 Å². The average Bonchev–Trinajstić information content (AvgIpc) is 3.79. The molecule has 10 rings (SSSR count). The fourth-order valence-corrected chi connectivity index (χ4v) is 7.84. The van der Waals surface area contributed by atoms with E-state index in [2.05, 4.69) is 175 Å². The second-order valence-corrected chi connectivity index (χ2v) is 14.2. The van der Waals surface area contributed by atoms with Crippen molar-refractivity contribution in [3.8, 4) is 22.5 Å². The van der Waals surface area contributed by atoms with Crippen LogP contribution in [0.4, 0.5) is 0 Å². The van der Waals surface area contributed by atoms with Crippen LogP contribution in [0.15, 0.2) is 156 Å². The van der Waals surface area contributed by atoms with Crippen molar-refractivity contribution < 1.29 is 4.42 Å². The molecule has 0 bridgehead atoms. The van der Waals surface area contributed by atoms with E-state index in [1.165, 1.54) is 49.4 Å². The molecule has 3 aromatic heterocycles. The van der Waals surface area contributed by atoms with Crippen LogP contribution in [0.25, 0.3) is 88.1 Å². The SMILES string of the molecule is CC(C)(C)c1ccc2c(c1)c1ccccc1n2-c1ccc(-c2ccc(-n3c4ccccc4c4c5oc6ccccc6c5ccc43)cc2)cc1. The molecule has 10 aromatic rings. The molecule has 0 saturated heterocycles. The summed E-state index contributed by atoms with van der Waals surface area (Å²) in [5.74, 6) is 0. The first-order valence-electron chi connectivity index (χ1n) is 17.0. The molecule has 0 aliphatic rings. The second kappa shape index (κ2) is 10.2. The normalized spacial score (nSPS) is 12.4. The van der Waals surface area contributed by atoms with Crippen LogP contribution in [-0.2, 0) is 5.41 Å². The number of aromatic nitrogens is 2. The lowest BCUT2D eigenvalue weighted by Crippen LogP contribution is -2.10. The van der Waals surface area contributed by atoms with Gasteiger partial charge in [0.25, 0.3) is 0 Å². The summed E-state index contributed by atoms with van der Waals surface area (Å²) in [6.07, 6.45) is 0. The van der Waals surface area contributed by atoms with E-state index in [1.54, 1.807) is 0 Å². The van der Waals surface area contributed by atoms with Gasteiger partial charge in [0.05, 0.1) is 27.5 Å². The zero-order valence-electron chi connectivity index (χ0n) is 27.7. The molecule has 0 aliphatic carbocycles. The Labute approximate surface area is 284 Å². The summed E-state index contributed by atoms with van der Waals surface area (Å²) < 4.78 is 11.2. The molecule has 0 fully saturated rings. The molecule has 7 aromatic carbocycles. The van der Waals surface area contributed by atoms with Crippen molar-refractivity contribution >= 4 is 65.6 Å². The van der Waals surface area contributed by atoms with Crippen LogP contribution in [-0.4, -0.2) is 9.13 Å². The molecule has 0 amide bonds. The number of para-hydroxylation sites is 3. The highest BCUT2D eigenvalue weighted by Gasteiger charge is 2.20. The van der Waals surface area contributed by atoms with E-state index >= 15 is 0 Å². The van der Waals surface area contributed by atoms with Crippen LogP contribution >= 0.6 is 0 Å². The Morgan fingerprint density at radius 1 is 0.429 bits per heavy atom. The number of furan rings is 1. The Kier molecular flexibility index (Phi) is 5.84. The van der Waals surface area contributed by atoms with Crippen LogP contribution in [0.5, 0.6) is 0 Å². The number of benzene rings is 7. The van der Waals surface area contributed by atoms with Gasteiger partial charge in [0.1, 0.15) is 11.2 Å². The predicted octanol–water partition coefficient (Wildman–Crippen LogP) is 12.7. The second-order valence-electron chi connectivity index (χ2n) is 14.2. The van der Waals surface area contributed by atoms with Crippen LogP contribution in [0.2, 0.25) is 0 Å². The Morgan fingerprint density at radius 3 is 1.63 bits per heavy atom. The van der Waals surface area contributed by atoms with Gasteiger partial charge in [-0.2, -0.15) is 0 Å². The molecule has 3 heteroatoms. The van der Waals surface area contributed by atoms with E-state index in [1.807, 2.05) is 6.07 Å². The van der Waals surface area contributed by atoms with Crippen LogP contribution in [0.3, 0.4) is 0 Å². The molecule has 0 aliphatic heterocycles. The lowest BCUT2D eigenvalue weighted by molar-refractivity contribution is 0.591. The third kappa shape index (κ3) is 4.15. The van der Waals surface area contributed by atoms with Gasteiger partial charge in [0.15, 0.2) is 0 Å². The Morgan fingerprint density at radius 2 is 0.959 bits per heavy atom. The molecule has 0 unspecified atom stereocenters. The van der Waals surface area contributed by atoms with Crippen molar-refractivity contribution in [3.05, 3.63) is 157 Å². The van der Waals surface area contributed by atoms with E-state index in [0.717, 1.165) is 44.2 Å². The van der Waals surface area contributed by atoms with E-state index < -0.39 is 0 Å². The molecular weight excluding hydrogens is 597 g/mol. The fourth-order valence-electron chi connectivity index (χ4n) is 7.84. The first-order valence-corrected chi connectivity index (χ1v) is 17.0. The van der Waals surface area contributed by atoms with E-state index in [-0.39, 0.29) is 5.41 Å². The smallest absolute Gasteiger partial charge is 0.145 e. The third-order valence-corrected chi connectivity index (χ3v) is 10.3. The third-order valence-electron chi connectivity index (χ3n) is 10.3. The lowest BCUT2D eigenvalue weighted by Gasteiger charge is -2.19. The average molecular weight is 631 g/mol. The minimum atomic E-state index is 0.0944. The van der Waals surface area contributed by atoms with Gasteiger partial charge in [-0.05, 0) is 88.8 Å². The monoisotopic (exact) mass is 630 g/mol. The van der Waals surface area contributed by atoms with Crippen LogP contribution in [0.1, 0.15) is 26.3 Å². The van der Waals surface area contributed by atoms with Crippen LogP contribution in [0, 0.1) is 0 Å². The van der Waals surface area contributed by atoms with Crippen molar-refractivity contribution in [2.45, 2.75) is 26.2 Å². The number of nitrogens with zero attached hydrogens (tertiary/aromatic N) is 2. The van der Waals surface area contributed by atoms with Crippen molar-refractivity contribution in [2.75, 3.05) is 0 Å². The molecule has 0 spiro atoms. The molecule has 234 valence electrons. The largest absolute Gasteiger partial charge is 0.455 e. The lowest BCUT2D eigenvalue weighted by atomic mass is 9.86. The Bertz CT molecular complexity index is 2890. The highest BCUT2D eigenvalue weighted by atomic mass is 16.3. The zero-order chi connectivity index (χ0) is 32.9. The zero-order valence-corrected chi connectivity index (χ0v) is 27.7. The van der Waals surface area contributed by atoms with Gasteiger partial charge in [0, 0.05) is 38.3 Å². The molecule has 3 heterocycles. The van der Waals surface area contributed by atoms with Crippen molar-refractivity contribution in [2.24, 2.45) is 0 Å². The number of fused-ring (bicyclic) bond motifs is 10. The molecule has 49 heavy (non-hydrogen) atoms.